The van der Waals surface area contributed by atoms with Crippen molar-refractivity contribution in [2.24, 2.45) is 0 Å². The lowest BCUT2D eigenvalue weighted by molar-refractivity contribution is 0.182. The summed E-state index contributed by atoms with van der Waals surface area (Å²) in [4.78, 5) is 2.30. The molecule has 1 N–H and O–H groups in total. The molecule has 2 rings (SSSR count). The van der Waals surface area contributed by atoms with Gasteiger partial charge in [-0.3, -0.25) is 4.90 Å². The van der Waals surface area contributed by atoms with Crippen molar-refractivity contribution in [2.45, 2.75) is 39.2 Å². The highest BCUT2D eigenvalue weighted by atomic mass is 19.1. The normalized spacial score (nSPS) is 18.2. The van der Waals surface area contributed by atoms with Crippen LogP contribution in [0.4, 0.5) is 4.39 Å². The van der Waals surface area contributed by atoms with Gasteiger partial charge in [0.15, 0.2) is 0 Å². The number of hydrogen-bond acceptors (Lipinski definition) is 2. The second-order valence-electron chi connectivity index (χ2n) is 5.23. The van der Waals surface area contributed by atoms with Gasteiger partial charge in [-0.25, -0.2) is 4.39 Å². The lowest BCUT2D eigenvalue weighted by Crippen LogP contribution is -2.27. The molecule has 0 aromatic heterocycles. The molecular formula is C15H22FNO. The fraction of sp³-hybridized carbons (Fsp3) is 0.600. The summed E-state index contributed by atoms with van der Waals surface area (Å²) in [5.74, 6) is -0.136. The summed E-state index contributed by atoms with van der Waals surface area (Å²) in [5.41, 5.74) is 2.85. The van der Waals surface area contributed by atoms with Gasteiger partial charge in [0.25, 0.3) is 0 Å². The fourth-order valence-corrected chi connectivity index (χ4v) is 2.77. The second-order valence-corrected chi connectivity index (χ2v) is 5.23. The first kappa shape index (κ1) is 13.5. The second kappa shape index (κ2) is 5.81. The van der Waals surface area contributed by atoms with Crippen molar-refractivity contribution < 1.29 is 9.50 Å². The van der Waals surface area contributed by atoms with E-state index in [1.54, 1.807) is 6.07 Å². The van der Waals surface area contributed by atoms with Crippen molar-refractivity contribution in [1.29, 1.82) is 0 Å². The van der Waals surface area contributed by atoms with Crippen LogP contribution in [0.15, 0.2) is 12.1 Å². The highest BCUT2D eigenvalue weighted by Crippen LogP contribution is 2.31. The van der Waals surface area contributed by atoms with Crippen LogP contribution in [0, 0.1) is 19.7 Å². The van der Waals surface area contributed by atoms with E-state index in [2.05, 4.69) is 4.90 Å². The van der Waals surface area contributed by atoms with Gasteiger partial charge in [0.2, 0.25) is 0 Å². The molecule has 1 heterocycles. The maximum Gasteiger partial charge on any atom is 0.128 e. The zero-order valence-corrected chi connectivity index (χ0v) is 11.2. The van der Waals surface area contributed by atoms with Crippen molar-refractivity contribution >= 4 is 0 Å². The van der Waals surface area contributed by atoms with Gasteiger partial charge in [-0.15, -0.1) is 0 Å². The number of aliphatic hydroxyl groups excluding tert-OH is 1. The van der Waals surface area contributed by atoms with Crippen LogP contribution in [0.2, 0.25) is 0 Å². The third-order valence-corrected chi connectivity index (χ3v) is 3.96. The Kier molecular flexibility index (Phi) is 4.36. The molecule has 18 heavy (non-hydrogen) atoms. The van der Waals surface area contributed by atoms with Crippen LogP contribution in [-0.4, -0.2) is 29.7 Å². The largest absolute Gasteiger partial charge is 0.396 e. The summed E-state index contributed by atoms with van der Waals surface area (Å²) in [6, 6.07) is 3.59. The topological polar surface area (TPSA) is 23.5 Å². The Morgan fingerprint density at radius 2 is 1.83 bits per heavy atom. The number of rotatable bonds is 4. The number of benzene rings is 1. The highest BCUT2D eigenvalue weighted by molar-refractivity contribution is 5.33. The minimum absolute atomic E-state index is 0.0248. The summed E-state index contributed by atoms with van der Waals surface area (Å²) in [6.07, 6.45) is 2.96. The minimum Gasteiger partial charge on any atom is -0.396 e. The van der Waals surface area contributed by atoms with Crippen LogP contribution >= 0.6 is 0 Å². The number of aliphatic hydroxyl groups is 1. The maximum atomic E-state index is 14.1. The van der Waals surface area contributed by atoms with Crippen molar-refractivity contribution in [3.63, 3.8) is 0 Å². The molecule has 3 heteroatoms. The van der Waals surface area contributed by atoms with Crippen LogP contribution in [-0.2, 0) is 0 Å². The number of halogens is 1. The standard InChI is InChI=1S/C15H22FNO/c1-11-9-13(14(16)10-12(11)2)15(5-8-18)17-6-3-4-7-17/h9-10,15,18H,3-8H2,1-2H3. The first-order valence-corrected chi connectivity index (χ1v) is 6.75. The molecule has 0 amide bonds. The molecule has 2 nitrogen and oxygen atoms in total. The number of likely N-dealkylation sites (tertiary alicyclic amines) is 1. The molecule has 1 atom stereocenters. The van der Waals surface area contributed by atoms with E-state index >= 15 is 0 Å². The van der Waals surface area contributed by atoms with Gasteiger partial charge in [-0.05, 0) is 63.4 Å². The molecule has 1 aromatic rings. The van der Waals surface area contributed by atoms with Crippen molar-refractivity contribution in [1.82, 2.24) is 4.90 Å². The van der Waals surface area contributed by atoms with Gasteiger partial charge in [-0.1, -0.05) is 6.07 Å². The predicted molar refractivity (Wildman–Crippen MR) is 71.1 cm³/mol. The van der Waals surface area contributed by atoms with Gasteiger partial charge >= 0.3 is 0 Å². The first-order valence-electron chi connectivity index (χ1n) is 6.75. The summed E-state index contributed by atoms with van der Waals surface area (Å²) in [7, 11) is 0. The van der Waals surface area contributed by atoms with Crippen molar-refractivity contribution in [3.05, 3.63) is 34.6 Å². The third-order valence-electron chi connectivity index (χ3n) is 3.96. The van der Waals surface area contributed by atoms with E-state index in [0.717, 1.165) is 29.8 Å². The molecule has 1 saturated heterocycles. The molecule has 0 bridgehead atoms. The Morgan fingerprint density at radius 3 is 2.44 bits per heavy atom. The predicted octanol–water partition coefficient (Wildman–Crippen LogP) is 2.96. The summed E-state index contributed by atoms with van der Waals surface area (Å²) in [6.45, 7) is 6.07. The van der Waals surface area contributed by atoms with Crippen LogP contribution < -0.4 is 0 Å². The number of nitrogens with zero attached hydrogens (tertiary/aromatic N) is 1. The molecule has 1 aromatic carbocycles. The Bertz CT molecular complexity index is 413. The summed E-state index contributed by atoms with van der Waals surface area (Å²) < 4.78 is 14.1. The molecule has 1 aliphatic rings. The smallest absolute Gasteiger partial charge is 0.128 e. The molecule has 0 saturated carbocycles. The molecule has 1 aliphatic heterocycles. The van der Waals surface area contributed by atoms with Crippen molar-refractivity contribution in [2.75, 3.05) is 19.7 Å². The van der Waals surface area contributed by atoms with E-state index < -0.39 is 0 Å². The van der Waals surface area contributed by atoms with Crippen molar-refractivity contribution in [3.8, 4) is 0 Å². The van der Waals surface area contributed by atoms with Crippen LogP contribution in [0.1, 0.15) is 42.0 Å². The Hall–Kier alpha value is -0.930. The molecule has 0 aliphatic carbocycles. The van der Waals surface area contributed by atoms with Gasteiger partial charge in [0.05, 0.1) is 0 Å². The summed E-state index contributed by atoms with van der Waals surface area (Å²) in [5, 5.41) is 9.22. The van der Waals surface area contributed by atoms with E-state index in [1.807, 2.05) is 19.9 Å². The van der Waals surface area contributed by atoms with Crippen LogP contribution in [0.25, 0.3) is 0 Å². The van der Waals surface area contributed by atoms with E-state index in [1.165, 1.54) is 12.8 Å². The highest BCUT2D eigenvalue weighted by Gasteiger charge is 2.25. The maximum absolute atomic E-state index is 14.1. The Morgan fingerprint density at radius 1 is 1.22 bits per heavy atom. The quantitative estimate of drug-likeness (QED) is 0.889. The van der Waals surface area contributed by atoms with Gasteiger partial charge < -0.3 is 5.11 Å². The van der Waals surface area contributed by atoms with Crippen LogP contribution in [0.3, 0.4) is 0 Å². The average Bonchev–Trinajstić information content (AvgIpc) is 2.85. The van der Waals surface area contributed by atoms with E-state index in [4.69, 9.17) is 0 Å². The van der Waals surface area contributed by atoms with E-state index in [0.29, 0.717) is 6.42 Å². The average molecular weight is 251 g/mol. The fourth-order valence-electron chi connectivity index (χ4n) is 2.77. The molecule has 100 valence electrons. The van der Waals surface area contributed by atoms with E-state index in [-0.39, 0.29) is 18.5 Å². The first-order chi connectivity index (χ1) is 8.63. The molecule has 0 spiro atoms. The Labute approximate surface area is 108 Å². The SMILES string of the molecule is Cc1cc(F)c(C(CCO)N2CCCC2)cc1C. The lowest BCUT2D eigenvalue weighted by Gasteiger charge is -2.28. The monoisotopic (exact) mass is 251 g/mol. The summed E-state index contributed by atoms with van der Waals surface area (Å²) >= 11 is 0. The molecular weight excluding hydrogens is 229 g/mol. The zero-order chi connectivity index (χ0) is 13.1. The third kappa shape index (κ3) is 2.73. The van der Waals surface area contributed by atoms with Gasteiger partial charge in [-0.2, -0.15) is 0 Å². The zero-order valence-electron chi connectivity index (χ0n) is 11.2. The molecule has 1 fully saturated rings. The Balaban J connectivity index is 2.32. The number of hydrogen-bond donors (Lipinski definition) is 1. The minimum atomic E-state index is -0.136. The van der Waals surface area contributed by atoms with Crippen LogP contribution in [0.5, 0.6) is 0 Å². The lowest BCUT2D eigenvalue weighted by atomic mass is 9.97. The van der Waals surface area contributed by atoms with Gasteiger partial charge in [0, 0.05) is 18.2 Å². The number of aryl methyl sites for hydroxylation is 2. The molecule has 0 radical (unpaired) electrons. The molecule has 1 unspecified atom stereocenters. The van der Waals surface area contributed by atoms with Gasteiger partial charge in [0.1, 0.15) is 5.82 Å². The van der Waals surface area contributed by atoms with E-state index in [9.17, 15) is 9.50 Å².